The lowest BCUT2D eigenvalue weighted by molar-refractivity contribution is 0.0882. The summed E-state index contributed by atoms with van der Waals surface area (Å²) in [6.45, 7) is 6.11. The Kier molecular flexibility index (Phi) is 3.51. The van der Waals surface area contributed by atoms with Gasteiger partial charge in [-0.15, -0.1) is 0 Å². The van der Waals surface area contributed by atoms with E-state index in [1.807, 2.05) is 13.8 Å². The van der Waals surface area contributed by atoms with Gasteiger partial charge in [0.25, 0.3) is 5.91 Å². The Morgan fingerprint density at radius 3 is 2.79 bits per heavy atom. The summed E-state index contributed by atoms with van der Waals surface area (Å²) in [7, 11) is 0. The monoisotopic (exact) mass is 260 g/mol. The number of benzene rings is 1. The number of fused-ring (bicyclic) bond motifs is 1. The molecule has 0 aliphatic carbocycles. The molecular formula is C15H20N2O2. The van der Waals surface area contributed by atoms with Crippen LogP contribution in [0.4, 0.5) is 5.69 Å². The number of carbonyl (C=O) groups is 1. The highest BCUT2D eigenvalue weighted by molar-refractivity contribution is 5.96. The molecule has 1 amide bonds. The zero-order chi connectivity index (χ0) is 14.0. The quantitative estimate of drug-likeness (QED) is 0.828. The summed E-state index contributed by atoms with van der Waals surface area (Å²) in [5, 5.41) is 3.83. The third kappa shape index (κ3) is 3.08. The number of anilines is 1. The van der Waals surface area contributed by atoms with Gasteiger partial charge in [-0.05, 0) is 44.5 Å². The standard InChI is InChI=1S/C15H20N2O2/c1-4-7-15(2,3)17-14(18)13-9-10-8-11(16)5-6-12(10)19-13/h5-6,8-9H,4,7,16H2,1-3H3,(H,17,18). The molecule has 0 aliphatic heterocycles. The van der Waals surface area contributed by atoms with E-state index in [0.29, 0.717) is 17.0 Å². The van der Waals surface area contributed by atoms with Gasteiger partial charge in [-0.3, -0.25) is 4.79 Å². The first-order valence-corrected chi connectivity index (χ1v) is 6.53. The second-order valence-corrected chi connectivity index (χ2v) is 5.50. The molecule has 0 spiro atoms. The molecule has 1 aromatic carbocycles. The summed E-state index contributed by atoms with van der Waals surface area (Å²) >= 11 is 0. The Hall–Kier alpha value is -1.97. The van der Waals surface area contributed by atoms with Gasteiger partial charge in [0.05, 0.1) is 0 Å². The highest BCUT2D eigenvalue weighted by Gasteiger charge is 2.22. The molecule has 102 valence electrons. The average molecular weight is 260 g/mol. The van der Waals surface area contributed by atoms with Crippen molar-refractivity contribution in [1.29, 1.82) is 0 Å². The maximum atomic E-state index is 12.2. The molecule has 2 rings (SSSR count). The van der Waals surface area contributed by atoms with Gasteiger partial charge in [0.2, 0.25) is 0 Å². The SMILES string of the molecule is CCCC(C)(C)NC(=O)c1cc2cc(N)ccc2o1. The van der Waals surface area contributed by atoms with Crippen LogP contribution in [0.25, 0.3) is 11.0 Å². The van der Waals surface area contributed by atoms with Gasteiger partial charge in [0.1, 0.15) is 5.58 Å². The topological polar surface area (TPSA) is 68.3 Å². The molecule has 0 bridgehead atoms. The van der Waals surface area contributed by atoms with E-state index in [9.17, 15) is 4.79 Å². The van der Waals surface area contributed by atoms with Crippen LogP contribution in [0.1, 0.15) is 44.2 Å². The molecule has 19 heavy (non-hydrogen) atoms. The van der Waals surface area contributed by atoms with Crippen LogP contribution in [0.3, 0.4) is 0 Å². The van der Waals surface area contributed by atoms with Crippen LogP contribution in [0, 0.1) is 0 Å². The van der Waals surface area contributed by atoms with E-state index in [-0.39, 0.29) is 11.4 Å². The van der Waals surface area contributed by atoms with Crippen molar-refractivity contribution < 1.29 is 9.21 Å². The maximum Gasteiger partial charge on any atom is 0.287 e. The second kappa shape index (κ2) is 4.96. The normalized spacial score (nSPS) is 11.7. The Bertz CT molecular complexity index is 599. The summed E-state index contributed by atoms with van der Waals surface area (Å²) in [4.78, 5) is 12.2. The van der Waals surface area contributed by atoms with Crippen LogP contribution >= 0.6 is 0 Å². The van der Waals surface area contributed by atoms with E-state index < -0.39 is 0 Å². The number of hydrogen-bond acceptors (Lipinski definition) is 3. The molecule has 0 aliphatic rings. The molecule has 4 heteroatoms. The van der Waals surface area contributed by atoms with Crippen LogP contribution in [-0.4, -0.2) is 11.4 Å². The highest BCUT2D eigenvalue weighted by Crippen LogP contribution is 2.22. The van der Waals surface area contributed by atoms with Gasteiger partial charge in [-0.1, -0.05) is 13.3 Å². The van der Waals surface area contributed by atoms with Crippen molar-refractivity contribution in [2.45, 2.75) is 39.2 Å². The second-order valence-electron chi connectivity index (χ2n) is 5.50. The van der Waals surface area contributed by atoms with E-state index in [4.69, 9.17) is 10.2 Å². The molecule has 0 saturated carbocycles. The van der Waals surface area contributed by atoms with Crippen LogP contribution in [0.5, 0.6) is 0 Å². The zero-order valence-electron chi connectivity index (χ0n) is 11.6. The molecule has 3 N–H and O–H groups in total. The molecule has 0 radical (unpaired) electrons. The Morgan fingerprint density at radius 2 is 2.11 bits per heavy atom. The van der Waals surface area contributed by atoms with Gasteiger partial charge in [-0.2, -0.15) is 0 Å². The first-order chi connectivity index (χ1) is 8.91. The lowest BCUT2D eigenvalue weighted by Crippen LogP contribution is -2.43. The summed E-state index contributed by atoms with van der Waals surface area (Å²) in [5.41, 5.74) is 6.81. The summed E-state index contributed by atoms with van der Waals surface area (Å²) < 4.78 is 5.54. The van der Waals surface area contributed by atoms with Crippen LogP contribution in [0.15, 0.2) is 28.7 Å². The number of nitrogen functional groups attached to an aromatic ring is 1. The van der Waals surface area contributed by atoms with Crippen molar-refractivity contribution in [3.05, 3.63) is 30.0 Å². The van der Waals surface area contributed by atoms with Crippen molar-refractivity contribution >= 4 is 22.6 Å². The molecule has 4 nitrogen and oxygen atoms in total. The van der Waals surface area contributed by atoms with Gasteiger partial charge < -0.3 is 15.5 Å². The number of amides is 1. The minimum absolute atomic E-state index is 0.187. The molecule has 0 atom stereocenters. The van der Waals surface area contributed by atoms with Crippen molar-refractivity contribution in [1.82, 2.24) is 5.32 Å². The molecular weight excluding hydrogens is 240 g/mol. The van der Waals surface area contributed by atoms with E-state index >= 15 is 0 Å². The van der Waals surface area contributed by atoms with Crippen molar-refractivity contribution in [2.24, 2.45) is 0 Å². The first kappa shape index (κ1) is 13.5. The smallest absolute Gasteiger partial charge is 0.287 e. The molecule has 1 heterocycles. The highest BCUT2D eigenvalue weighted by atomic mass is 16.3. The summed E-state index contributed by atoms with van der Waals surface area (Å²) in [6, 6.07) is 7.06. The van der Waals surface area contributed by atoms with E-state index in [0.717, 1.165) is 18.2 Å². The van der Waals surface area contributed by atoms with Gasteiger partial charge in [0.15, 0.2) is 5.76 Å². The van der Waals surface area contributed by atoms with E-state index in [1.165, 1.54) is 0 Å². The third-order valence-corrected chi connectivity index (χ3v) is 3.09. The molecule has 1 aromatic heterocycles. The number of carbonyl (C=O) groups excluding carboxylic acids is 1. The fraction of sp³-hybridized carbons (Fsp3) is 0.400. The van der Waals surface area contributed by atoms with E-state index in [2.05, 4.69) is 12.2 Å². The average Bonchev–Trinajstić information content (AvgIpc) is 2.71. The lowest BCUT2D eigenvalue weighted by Gasteiger charge is -2.25. The minimum atomic E-state index is -0.232. The molecule has 0 unspecified atom stereocenters. The number of nitrogens with one attached hydrogen (secondary N) is 1. The number of nitrogens with two attached hydrogens (primary N) is 1. The first-order valence-electron chi connectivity index (χ1n) is 6.53. The lowest BCUT2D eigenvalue weighted by atomic mass is 9.99. The van der Waals surface area contributed by atoms with Crippen LogP contribution in [-0.2, 0) is 0 Å². The maximum absolute atomic E-state index is 12.2. The Labute approximate surface area is 113 Å². The minimum Gasteiger partial charge on any atom is -0.451 e. The zero-order valence-corrected chi connectivity index (χ0v) is 11.6. The van der Waals surface area contributed by atoms with Crippen LogP contribution in [0.2, 0.25) is 0 Å². The van der Waals surface area contributed by atoms with Crippen LogP contribution < -0.4 is 11.1 Å². The predicted molar refractivity (Wildman–Crippen MR) is 77.1 cm³/mol. The van der Waals surface area contributed by atoms with E-state index in [1.54, 1.807) is 24.3 Å². The van der Waals surface area contributed by atoms with Crippen molar-refractivity contribution in [3.63, 3.8) is 0 Å². The summed E-state index contributed by atoms with van der Waals surface area (Å²) in [5.74, 6) is 0.137. The Morgan fingerprint density at radius 1 is 1.37 bits per heavy atom. The molecule has 2 aromatic rings. The van der Waals surface area contributed by atoms with Crippen molar-refractivity contribution in [3.8, 4) is 0 Å². The summed E-state index contributed by atoms with van der Waals surface area (Å²) in [6.07, 6.45) is 1.94. The fourth-order valence-electron chi connectivity index (χ4n) is 2.23. The molecule has 0 saturated heterocycles. The Balaban J connectivity index is 2.22. The third-order valence-electron chi connectivity index (χ3n) is 3.09. The number of furan rings is 1. The van der Waals surface area contributed by atoms with Gasteiger partial charge >= 0.3 is 0 Å². The number of rotatable bonds is 4. The predicted octanol–water partition coefficient (Wildman–Crippen LogP) is 3.32. The largest absolute Gasteiger partial charge is 0.451 e. The molecule has 0 fully saturated rings. The van der Waals surface area contributed by atoms with Gasteiger partial charge in [-0.25, -0.2) is 0 Å². The van der Waals surface area contributed by atoms with Gasteiger partial charge in [0, 0.05) is 16.6 Å². The fourth-order valence-corrected chi connectivity index (χ4v) is 2.23. The number of hydrogen-bond donors (Lipinski definition) is 2. The van der Waals surface area contributed by atoms with Crippen molar-refractivity contribution in [2.75, 3.05) is 5.73 Å².